The average molecular weight is 477 g/mol. The fourth-order valence-corrected chi connectivity index (χ4v) is 3.76. The average Bonchev–Trinajstić information content (AvgIpc) is 2.89. The van der Waals surface area contributed by atoms with Gasteiger partial charge < -0.3 is 18.9 Å². The fourth-order valence-electron chi connectivity index (χ4n) is 3.76. The summed E-state index contributed by atoms with van der Waals surface area (Å²) in [6.07, 6.45) is 6.50. The van der Waals surface area contributed by atoms with Crippen molar-refractivity contribution < 1.29 is 28.1 Å². The Hall–Kier alpha value is -3.98. The smallest absolute Gasteiger partial charge is 0.306 e. The van der Waals surface area contributed by atoms with Gasteiger partial charge in [0.1, 0.15) is 36.3 Å². The first-order valence-electron chi connectivity index (χ1n) is 11.3. The summed E-state index contributed by atoms with van der Waals surface area (Å²) < 4.78 is 36.4. The van der Waals surface area contributed by atoms with Gasteiger partial charge in [-0.2, -0.15) is 0 Å². The Morgan fingerprint density at radius 3 is 2.54 bits per heavy atom. The molecule has 0 heterocycles. The Morgan fingerprint density at radius 2 is 1.83 bits per heavy atom. The first-order chi connectivity index (χ1) is 17.0. The van der Waals surface area contributed by atoms with Crippen molar-refractivity contribution in [3.05, 3.63) is 77.6 Å². The lowest BCUT2D eigenvalue weighted by Gasteiger charge is -2.16. The number of esters is 1. The van der Waals surface area contributed by atoms with Gasteiger partial charge in [-0.15, -0.1) is 6.42 Å². The first kappa shape index (κ1) is 25.6. The first-order valence-corrected chi connectivity index (χ1v) is 11.3. The molecule has 35 heavy (non-hydrogen) atoms. The zero-order valence-electron chi connectivity index (χ0n) is 20.2. The highest BCUT2D eigenvalue weighted by Crippen LogP contribution is 2.35. The van der Waals surface area contributed by atoms with Gasteiger partial charge in [0.15, 0.2) is 0 Å². The predicted octanol–water partition coefficient (Wildman–Crippen LogP) is 6.15. The number of benzene rings is 3. The van der Waals surface area contributed by atoms with Crippen molar-refractivity contribution in [2.24, 2.45) is 0 Å². The molecule has 3 rings (SSSR count). The molecular formula is C29H29FO5. The van der Waals surface area contributed by atoms with E-state index in [1.807, 2.05) is 37.3 Å². The number of carbonyl (C=O) groups excluding carboxylic acids is 1. The topological polar surface area (TPSA) is 54.0 Å². The van der Waals surface area contributed by atoms with Gasteiger partial charge in [-0.05, 0) is 59.9 Å². The molecule has 1 unspecified atom stereocenters. The van der Waals surface area contributed by atoms with Crippen molar-refractivity contribution in [2.75, 3.05) is 20.8 Å². The summed E-state index contributed by atoms with van der Waals surface area (Å²) in [4.78, 5) is 11.7. The molecule has 0 N–H and O–H groups in total. The molecule has 0 bridgehead atoms. The van der Waals surface area contributed by atoms with Gasteiger partial charge in [0, 0.05) is 11.1 Å². The Labute approximate surface area is 205 Å². The zero-order valence-corrected chi connectivity index (χ0v) is 20.2. The van der Waals surface area contributed by atoms with Gasteiger partial charge in [0.2, 0.25) is 0 Å². The Kier molecular flexibility index (Phi) is 9.14. The van der Waals surface area contributed by atoms with Crippen LogP contribution in [0.3, 0.4) is 0 Å². The van der Waals surface area contributed by atoms with Crippen LogP contribution in [0.1, 0.15) is 36.8 Å². The van der Waals surface area contributed by atoms with Crippen molar-refractivity contribution in [1.82, 2.24) is 0 Å². The second kappa shape index (κ2) is 12.5. The fraction of sp³-hybridized carbons (Fsp3) is 0.276. The highest BCUT2D eigenvalue weighted by molar-refractivity contribution is 5.73. The van der Waals surface area contributed by atoms with Gasteiger partial charge in [0.25, 0.3) is 0 Å². The summed E-state index contributed by atoms with van der Waals surface area (Å²) >= 11 is 0. The van der Waals surface area contributed by atoms with Crippen molar-refractivity contribution in [2.45, 2.75) is 32.3 Å². The largest absolute Gasteiger partial charge is 0.497 e. The Bertz CT molecular complexity index is 1200. The van der Waals surface area contributed by atoms with E-state index < -0.39 is 5.82 Å². The summed E-state index contributed by atoms with van der Waals surface area (Å²) in [5.41, 5.74) is 2.76. The van der Waals surface area contributed by atoms with Crippen LogP contribution in [0, 0.1) is 18.2 Å². The highest BCUT2D eigenvalue weighted by atomic mass is 19.1. The van der Waals surface area contributed by atoms with Crippen LogP contribution in [0.15, 0.2) is 60.7 Å². The number of hydrogen-bond acceptors (Lipinski definition) is 5. The molecule has 0 amide bonds. The normalized spacial score (nSPS) is 11.3. The predicted molar refractivity (Wildman–Crippen MR) is 133 cm³/mol. The quantitative estimate of drug-likeness (QED) is 0.245. The standard InChI is InChI=1S/C29H29FO5/c1-5-14-34-28-15-20(10-12-25(28)26-18-23(32-3)11-13-27(26)30)19-35-24-9-7-8-22(16-24)21(6-2)17-29(31)33-4/h1,7-13,15-16,18,21H,6,14,17,19H2,2-4H3. The summed E-state index contributed by atoms with van der Waals surface area (Å²) in [5, 5.41) is 0. The highest BCUT2D eigenvalue weighted by Gasteiger charge is 2.16. The van der Waals surface area contributed by atoms with E-state index in [1.165, 1.54) is 20.3 Å². The molecule has 0 radical (unpaired) electrons. The molecule has 0 saturated heterocycles. The Morgan fingerprint density at radius 1 is 1.00 bits per heavy atom. The molecular weight excluding hydrogens is 447 g/mol. The lowest BCUT2D eigenvalue weighted by atomic mass is 9.93. The second-order valence-corrected chi connectivity index (χ2v) is 7.92. The Balaban J connectivity index is 1.82. The van der Waals surface area contributed by atoms with Crippen LogP contribution in [0.25, 0.3) is 11.1 Å². The minimum absolute atomic E-state index is 0.0452. The molecule has 0 saturated carbocycles. The molecule has 182 valence electrons. The maximum absolute atomic E-state index is 14.6. The monoisotopic (exact) mass is 476 g/mol. The van der Waals surface area contributed by atoms with E-state index >= 15 is 0 Å². The van der Waals surface area contributed by atoms with Crippen molar-refractivity contribution >= 4 is 5.97 Å². The van der Waals surface area contributed by atoms with Crippen LogP contribution in [-0.4, -0.2) is 26.8 Å². The molecule has 6 heteroatoms. The minimum Gasteiger partial charge on any atom is -0.497 e. The number of hydrogen-bond donors (Lipinski definition) is 0. The van der Waals surface area contributed by atoms with E-state index in [1.54, 1.807) is 24.3 Å². The third kappa shape index (κ3) is 6.77. The van der Waals surface area contributed by atoms with Crippen molar-refractivity contribution in [1.29, 1.82) is 0 Å². The van der Waals surface area contributed by atoms with Gasteiger partial charge in [-0.1, -0.05) is 37.1 Å². The van der Waals surface area contributed by atoms with Crippen molar-refractivity contribution in [3.63, 3.8) is 0 Å². The molecule has 1 atom stereocenters. The number of rotatable bonds is 11. The van der Waals surface area contributed by atoms with Crippen LogP contribution in [0.4, 0.5) is 4.39 Å². The molecule has 5 nitrogen and oxygen atoms in total. The molecule has 0 aromatic heterocycles. The maximum Gasteiger partial charge on any atom is 0.306 e. The number of methoxy groups -OCH3 is 2. The number of halogens is 1. The summed E-state index contributed by atoms with van der Waals surface area (Å²) in [5.74, 6) is 3.53. The van der Waals surface area contributed by atoms with Gasteiger partial charge in [-0.25, -0.2) is 4.39 Å². The molecule has 0 aliphatic heterocycles. The molecule has 3 aromatic rings. The molecule has 0 spiro atoms. The van der Waals surface area contributed by atoms with Crippen LogP contribution in [-0.2, 0) is 16.1 Å². The van der Waals surface area contributed by atoms with Crippen LogP contribution in [0.5, 0.6) is 17.2 Å². The molecule has 0 aliphatic rings. The van der Waals surface area contributed by atoms with E-state index in [2.05, 4.69) is 5.92 Å². The van der Waals surface area contributed by atoms with Crippen LogP contribution in [0.2, 0.25) is 0 Å². The summed E-state index contributed by atoms with van der Waals surface area (Å²) in [6, 6.07) is 17.6. The van der Waals surface area contributed by atoms with E-state index in [0.717, 1.165) is 17.5 Å². The third-order valence-electron chi connectivity index (χ3n) is 5.69. The second-order valence-electron chi connectivity index (χ2n) is 7.92. The lowest BCUT2D eigenvalue weighted by molar-refractivity contribution is -0.141. The van der Waals surface area contributed by atoms with E-state index in [9.17, 15) is 9.18 Å². The van der Waals surface area contributed by atoms with E-state index in [-0.39, 0.29) is 25.1 Å². The molecule has 3 aromatic carbocycles. The SMILES string of the molecule is C#CCOc1cc(COc2cccc(C(CC)CC(=O)OC)c2)ccc1-c1cc(OC)ccc1F. The molecule has 0 fully saturated rings. The zero-order chi connectivity index (χ0) is 25.2. The maximum atomic E-state index is 14.6. The molecule has 0 aliphatic carbocycles. The summed E-state index contributed by atoms with van der Waals surface area (Å²) in [7, 11) is 2.92. The lowest BCUT2D eigenvalue weighted by Crippen LogP contribution is -2.08. The minimum atomic E-state index is -0.394. The van der Waals surface area contributed by atoms with Gasteiger partial charge in [0.05, 0.1) is 20.6 Å². The number of ether oxygens (including phenoxy) is 4. The van der Waals surface area contributed by atoms with Gasteiger partial charge >= 0.3 is 5.97 Å². The van der Waals surface area contributed by atoms with Crippen molar-refractivity contribution in [3.8, 4) is 40.7 Å². The van der Waals surface area contributed by atoms with E-state index in [4.69, 9.17) is 25.4 Å². The number of terminal acetylenes is 1. The van der Waals surface area contributed by atoms with Gasteiger partial charge in [-0.3, -0.25) is 4.79 Å². The van der Waals surface area contributed by atoms with Crippen LogP contribution >= 0.6 is 0 Å². The van der Waals surface area contributed by atoms with E-state index in [0.29, 0.717) is 34.8 Å². The summed E-state index contributed by atoms with van der Waals surface area (Å²) in [6.45, 7) is 2.35. The van der Waals surface area contributed by atoms with Crippen LogP contribution < -0.4 is 14.2 Å². The number of carbonyl (C=O) groups is 1. The third-order valence-corrected chi connectivity index (χ3v) is 5.69.